The molecule has 1 heterocycles. The van der Waals surface area contributed by atoms with Gasteiger partial charge >= 0.3 is 0 Å². The summed E-state index contributed by atoms with van der Waals surface area (Å²) < 4.78 is 0. The number of rotatable bonds is 3. The molecular weight excluding hydrogens is 186 g/mol. The van der Waals surface area contributed by atoms with E-state index in [0.717, 1.165) is 17.1 Å². The Morgan fingerprint density at radius 2 is 2.13 bits per heavy atom. The lowest BCUT2D eigenvalue weighted by atomic mass is 10.2. The summed E-state index contributed by atoms with van der Waals surface area (Å²) in [4.78, 5) is 7.32. The van der Waals surface area contributed by atoms with Crippen molar-refractivity contribution in [1.82, 2.24) is 15.3 Å². The Balaban J connectivity index is 0.000000921. The lowest BCUT2D eigenvalue weighted by molar-refractivity contribution is 1.10. The summed E-state index contributed by atoms with van der Waals surface area (Å²) >= 11 is 0. The van der Waals surface area contributed by atoms with Crippen molar-refractivity contribution in [2.75, 3.05) is 7.05 Å². The second-order valence-corrected chi connectivity index (χ2v) is 2.77. The highest BCUT2D eigenvalue weighted by molar-refractivity contribution is 5.70. The molecule has 1 aromatic heterocycles. The lowest BCUT2D eigenvalue weighted by Crippen LogP contribution is -1.95. The van der Waals surface area contributed by atoms with Crippen LogP contribution in [-0.2, 0) is 0 Å². The molecule has 1 aromatic rings. The van der Waals surface area contributed by atoms with Gasteiger partial charge in [-0.25, -0.2) is 4.98 Å². The zero-order chi connectivity index (χ0) is 11.7. The van der Waals surface area contributed by atoms with Gasteiger partial charge < -0.3 is 10.3 Å². The Hall–Kier alpha value is -1.51. The third-order valence-corrected chi connectivity index (χ3v) is 1.66. The average Bonchev–Trinajstić information content (AvgIpc) is 2.68. The smallest absolute Gasteiger partial charge is 0.103 e. The molecule has 0 aliphatic rings. The molecule has 0 fully saturated rings. The van der Waals surface area contributed by atoms with Gasteiger partial charge in [-0.05, 0) is 13.8 Å². The van der Waals surface area contributed by atoms with Gasteiger partial charge in [-0.2, -0.15) is 0 Å². The molecule has 0 spiro atoms. The van der Waals surface area contributed by atoms with Crippen molar-refractivity contribution in [3.8, 4) is 0 Å². The van der Waals surface area contributed by atoms with E-state index in [1.807, 2.05) is 59.3 Å². The van der Waals surface area contributed by atoms with Crippen molar-refractivity contribution in [2.45, 2.75) is 27.7 Å². The molecule has 0 unspecified atom stereocenters. The third-order valence-electron chi connectivity index (χ3n) is 1.66. The summed E-state index contributed by atoms with van der Waals surface area (Å²) in [5.74, 6) is 0.932. The average molecular weight is 207 g/mol. The van der Waals surface area contributed by atoms with E-state index in [1.165, 1.54) is 0 Å². The van der Waals surface area contributed by atoms with Gasteiger partial charge in [0.15, 0.2) is 0 Å². The van der Waals surface area contributed by atoms with Gasteiger partial charge in [-0.1, -0.05) is 26.0 Å². The van der Waals surface area contributed by atoms with Gasteiger partial charge in [0.25, 0.3) is 0 Å². The molecule has 2 N–H and O–H groups in total. The Bertz CT molecular complexity index is 321. The van der Waals surface area contributed by atoms with Crippen LogP contribution in [0.1, 0.15) is 32.3 Å². The van der Waals surface area contributed by atoms with Crippen LogP contribution in [0.3, 0.4) is 0 Å². The van der Waals surface area contributed by atoms with E-state index in [1.54, 1.807) is 0 Å². The number of allylic oxidation sites excluding steroid dienone is 3. The van der Waals surface area contributed by atoms with E-state index < -0.39 is 0 Å². The summed E-state index contributed by atoms with van der Waals surface area (Å²) in [6, 6.07) is 0. The molecule has 0 saturated heterocycles. The van der Waals surface area contributed by atoms with E-state index in [2.05, 4.69) is 15.3 Å². The minimum atomic E-state index is 0.932. The van der Waals surface area contributed by atoms with Crippen LogP contribution in [0.5, 0.6) is 0 Å². The standard InChI is InChI=1S/C10H15N3.C2H6/c1-4-5-9(6-11-3)10-7-12-8(2)13-10;1-2/h4-7,11H,1-3H3,(H,12,13);1-2H3/b5-4-,9-6+;. The Labute approximate surface area is 92.3 Å². The summed E-state index contributed by atoms with van der Waals surface area (Å²) in [5, 5.41) is 3.00. The summed E-state index contributed by atoms with van der Waals surface area (Å²) in [6.45, 7) is 7.93. The van der Waals surface area contributed by atoms with Crippen LogP contribution in [0.15, 0.2) is 24.5 Å². The van der Waals surface area contributed by atoms with Crippen LogP contribution in [0, 0.1) is 6.92 Å². The number of imidazole rings is 1. The Morgan fingerprint density at radius 3 is 2.53 bits per heavy atom. The minimum Gasteiger partial charge on any atom is -0.393 e. The van der Waals surface area contributed by atoms with E-state index >= 15 is 0 Å². The van der Waals surface area contributed by atoms with Crippen LogP contribution < -0.4 is 5.32 Å². The molecule has 1 rings (SSSR count). The van der Waals surface area contributed by atoms with Gasteiger partial charge in [-0.15, -0.1) is 0 Å². The fourth-order valence-electron chi connectivity index (χ4n) is 1.12. The highest BCUT2D eigenvalue weighted by atomic mass is 14.9. The minimum absolute atomic E-state index is 0.932. The Morgan fingerprint density at radius 1 is 1.47 bits per heavy atom. The first-order valence-corrected chi connectivity index (χ1v) is 5.30. The van der Waals surface area contributed by atoms with Crippen LogP contribution >= 0.6 is 0 Å². The largest absolute Gasteiger partial charge is 0.393 e. The molecule has 84 valence electrons. The molecule has 0 aliphatic carbocycles. The van der Waals surface area contributed by atoms with Crippen molar-refractivity contribution in [3.05, 3.63) is 36.1 Å². The summed E-state index contributed by atoms with van der Waals surface area (Å²) in [6.07, 6.45) is 7.80. The van der Waals surface area contributed by atoms with Crippen molar-refractivity contribution in [1.29, 1.82) is 0 Å². The molecule has 0 atom stereocenters. The topological polar surface area (TPSA) is 40.7 Å². The second-order valence-electron chi connectivity index (χ2n) is 2.77. The van der Waals surface area contributed by atoms with Crippen LogP contribution in [0.4, 0.5) is 0 Å². The summed E-state index contributed by atoms with van der Waals surface area (Å²) in [5.41, 5.74) is 2.13. The van der Waals surface area contributed by atoms with Gasteiger partial charge in [0.2, 0.25) is 0 Å². The number of hydrogen-bond donors (Lipinski definition) is 2. The molecule has 3 heteroatoms. The molecule has 0 amide bonds. The van der Waals surface area contributed by atoms with Crippen LogP contribution in [0.25, 0.3) is 5.57 Å². The molecule has 15 heavy (non-hydrogen) atoms. The fraction of sp³-hybridized carbons (Fsp3) is 0.417. The van der Waals surface area contributed by atoms with E-state index in [0.29, 0.717) is 0 Å². The Kier molecular flexibility index (Phi) is 7.06. The number of H-pyrrole nitrogens is 1. The van der Waals surface area contributed by atoms with Gasteiger partial charge in [0, 0.05) is 18.8 Å². The molecule has 0 saturated carbocycles. The molecule has 0 radical (unpaired) electrons. The zero-order valence-electron chi connectivity index (χ0n) is 10.3. The monoisotopic (exact) mass is 207 g/mol. The maximum atomic E-state index is 4.14. The van der Waals surface area contributed by atoms with Crippen molar-refractivity contribution in [3.63, 3.8) is 0 Å². The van der Waals surface area contributed by atoms with Crippen molar-refractivity contribution < 1.29 is 0 Å². The van der Waals surface area contributed by atoms with Gasteiger partial charge in [0.1, 0.15) is 5.82 Å². The lowest BCUT2D eigenvalue weighted by Gasteiger charge is -1.97. The van der Waals surface area contributed by atoms with E-state index in [9.17, 15) is 0 Å². The zero-order valence-corrected chi connectivity index (χ0v) is 10.3. The second kappa shape index (κ2) is 7.85. The predicted octanol–water partition coefficient (Wildman–Crippen LogP) is 2.88. The highest BCUT2D eigenvalue weighted by Gasteiger charge is 1.99. The number of nitrogens with one attached hydrogen (secondary N) is 2. The SMILES string of the molecule is C/C=C\C(=C/NC)c1cnc(C)[nH]1.CC. The number of aryl methyl sites for hydroxylation is 1. The maximum Gasteiger partial charge on any atom is 0.103 e. The highest BCUT2D eigenvalue weighted by Crippen LogP contribution is 2.12. The van der Waals surface area contributed by atoms with Crippen molar-refractivity contribution in [2.24, 2.45) is 0 Å². The quantitative estimate of drug-likeness (QED) is 0.748. The number of aromatic amines is 1. The molecule has 3 nitrogen and oxygen atoms in total. The van der Waals surface area contributed by atoms with Gasteiger partial charge in [-0.3, -0.25) is 0 Å². The molecule has 0 aliphatic heterocycles. The van der Waals surface area contributed by atoms with Crippen LogP contribution in [0.2, 0.25) is 0 Å². The van der Waals surface area contributed by atoms with E-state index in [-0.39, 0.29) is 0 Å². The molecular formula is C12H21N3. The van der Waals surface area contributed by atoms with Crippen LogP contribution in [-0.4, -0.2) is 17.0 Å². The first-order chi connectivity index (χ1) is 7.27. The number of aromatic nitrogens is 2. The number of hydrogen-bond acceptors (Lipinski definition) is 2. The maximum absolute atomic E-state index is 4.14. The fourth-order valence-corrected chi connectivity index (χ4v) is 1.12. The first kappa shape index (κ1) is 13.5. The number of nitrogens with zero attached hydrogens (tertiary/aromatic N) is 1. The van der Waals surface area contributed by atoms with Crippen molar-refractivity contribution >= 4 is 5.57 Å². The third kappa shape index (κ3) is 4.49. The van der Waals surface area contributed by atoms with E-state index in [4.69, 9.17) is 0 Å². The van der Waals surface area contributed by atoms with Gasteiger partial charge in [0.05, 0.1) is 11.9 Å². The first-order valence-electron chi connectivity index (χ1n) is 5.30. The molecule has 0 bridgehead atoms. The molecule has 0 aromatic carbocycles. The predicted molar refractivity (Wildman–Crippen MR) is 66.5 cm³/mol. The summed E-state index contributed by atoms with van der Waals surface area (Å²) in [7, 11) is 1.88. The normalized spacial score (nSPS) is 11.1.